The fourth-order valence-corrected chi connectivity index (χ4v) is 2.26. The first kappa shape index (κ1) is 16.9. The second kappa shape index (κ2) is 11.0. The Kier molecular flexibility index (Phi) is 11.0. The van der Waals surface area contributed by atoms with Crippen LogP contribution in [-0.2, 0) is 0 Å². The van der Waals surface area contributed by atoms with Gasteiger partial charge in [-0.15, -0.1) is 0 Å². The van der Waals surface area contributed by atoms with E-state index in [-0.39, 0.29) is 0 Å². The van der Waals surface area contributed by atoms with Gasteiger partial charge in [-0.05, 0) is 46.7 Å². The van der Waals surface area contributed by atoms with Crippen LogP contribution in [0.3, 0.4) is 0 Å². The van der Waals surface area contributed by atoms with Crippen LogP contribution in [-0.4, -0.2) is 36.6 Å². The van der Waals surface area contributed by atoms with E-state index >= 15 is 0 Å². The van der Waals surface area contributed by atoms with E-state index < -0.39 is 0 Å². The van der Waals surface area contributed by atoms with Gasteiger partial charge in [0.2, 0.25) is 0 Å². The van der Waals surface area contributed by atoms with Gasteiger partial charge in [-0.25, -0.2) is 0 Å². The van der Waals surface area contributed by atoms with Gasteiger partial charge in [-0.2, -0.15) is 0 Å². The maximum Gasteiger partial charge on any atom is 0.0195 e. The molecule has 0 aromatic heterocycles. The predicted molar refractivity (Wildman–Crippen MR) is 78.6 cm³/mol. The molecular formula is C15H34N2. The molecule has 2 nitrogen and oxygen atoms in total. The molecule has 1 N–H and O–H groups in total. The van der Waals surface area contributed by atoms with E-state index in [2.05, 4.69) is 44.8 Å². The molecule has 0 aliphatic heterocycles. The highest BCUT2D eigenvalue weighted by Crippen LogP contribution is 2.08. The first-order chi connectivity index (χ1) is 8.13. The van der Waals surface area contributed by atoms with Gasteiger partial charge in [0.25, 0.3) is 0 Å². The summed E-state index contributed by atoms with van der Waals surface area (Å²) in [6.45, 7) is 15.0. The van der Waals surface area contributed by atoms with Gasteiger partial charge in [0.05, 0.1) is 0 Å². The summed E-state index contributed by atoms with van der Waals surface area (Å²) in [7, 11) is 0. The standard InChI is InChI=1S/C15H34N2/c1-6-8-10-12-17(14(3)4)15(5)13-16-11-9-7-2/h14-16H,6-13H2,1-5H3. The Bertz CT molecular complexity index is 157. The predicted octanol–water partition coefficient (Wildman–Crippen LogP) is 3.67. The summed E-state index contributed by atoms with van der Waals surface area (Å²) in [6.07, 6.45) is 6.60. The molecule has 0 saturated carbocycles. The normalized spacial score (nSPS) is 13.6. The molecule has 2 heteroatoms. The SMILES string of the molecule is CCCCCN(C(C)C)C(C)CNCCCC. The summed E-state index contributed by atoms with van der Waals surface area (Å²) >= 11 is 0. The lowest BCUT2D eigenvalue weighted by Crippen LogP contribution is -2.44. The monoisotopic (exact) mass is 242 g/mol. The molecule has 0 aromatic carbocycles. The molecule has 0 saturated heterocycles. The van der Waals surface area contributed by atoms with Crippen molar-refractivity contribution >= 4 is 0 Å². The number of hydrogen-bond donors (Lipinski definition) is 1. The highest BCUT2D eigenvalue weighted by Gasteiger charge is 2.15. The largest absolute Gasteiger partial charge is 0.315 e. The van der Waals surface area contributed by atoms with Crippen molar-refractivity contribution in [2.75, 3.05) is 19.6 Å². The minimum atomic E-state index is 0.656. The summed E-state index contributed by atoms with van der Waals surface area (Å²) < 4.78 is 0. The Morgan fingerprint density at radius 2 is 1.59 bits per heavy atom. The van der Waals surface area contributed by atoms with Crippen molar-refractivity contribution in [3.63, 3.8) is 0 Å². The van der Waals surface area contributed by atoms with Gasteiger partial charge in [0.1, 0.15) is 0 Å². The molecule has 1 atom stereocenters. The summed E-state index contributed by atoms with van der Waals surface area (Å²) in [5.74, 6) is 0. The molecule has 0 aromatic rings. The molecule has 0 aliphatic carbocycles. The number of nitrogens with one attached hydrogen (secondary N) is 1. The fraction of sp³-hybridized carbons (Fsp3) is 1.00. The lowest BCUT2D eigenvalue weighted by molar-refractivity contribution is 0.158. The highest BCUT2D eigenvalue weighted by atomic mass is 15.2. The number of nitrogens with zero attached hydrogens (tertiary/aromatic N) is 1. The second-order valence-corrected chi connectivity index (χ2v) is 5.45. The van der Waals surface area contributed by atoms with Crippen LogP contribution in [0.5, 0.6) is 0 Å². The first-order valence-electron chi connectivity index (χ1n) is 7.59. The molecule has 0 aliphatic rings. The van der Waals surface area contributed by atoms with E-state index in [9.17, 15) is 0 Å². The van der Waals surface area contributed by atoms with Crippen molar-refractivity contribution in [2.24, 2.45) is 0 Å². The third kappa shape index (κ3) is 8.62. The molecule has 0 spiro atoms. The quantitative estimate of drug-likeness (QED) is 0.556. The lowest BCUT2D eigenvalue weighted by Gasteiger charge is -2.33. The van der Waals surface area contributed by atoms with E-state index in [0.717, 1.165) is 6.54 Å². The molecule has 0 radical (unpaired) electrons. The topological polar surface area (TPSA) is 15.3 Å². The summed E-state index contributed by atoms with van der Waals surface area (Å²) in [6, 6.07) is 1.32. The number of rotatable bonds is 11. The molecule has 1 unspecified atom stereocenters. The Morgan fingerprint density at radius 1 is 0.941 bits per heavy atom. The van der Waals surface area contributed by atoms with Crippen molar-refractivity contribution in [2.45, 2.75) is 78.8 Å². The third-order valence-corrected chi connectivity index (χ3v) is 3.40. The Hall–Kier alpha value is -0.0800. The zero-order chi connectivity index (χ0) is 13.1. The van der Waals surface area contributed by atoms with E-state index in [0.29, 0.717) is 12.1 Å². The summed E-state index contributed by atoms with van der Waals surface area (Å²) in [4.78, 5) is 2.63. The van der Waals surface area contributed by atoms with Gasteiger partial charge in [0, 0.05) is 18.6 Å². The zero-order valence-electron chi connectivity index (χ0n) is 12.8. The fourth-order valence-electron chi connectivity index (χ4n) is 2.26. The average molecular weight is 242 g/mol. The van der Waals surface area contributed by atoms with Gasteiger partial charge >= 0.3 is 0 Å². The van der Waals surface area contributed by atoms with E-state index in [1.165, 1.54) is 45.2 Å². The molecule has 17 heavy (non-hydrogen) atoms. The van der Waals surface area contributed by atoms with E-state index in [1.807, 2.05) is 0 Å². The molecule has 0 bridgehead atoms. The molecule has 0 heterocycles. The van der Waals surface area contributed by atoms with Crippen LogP contribution in [0.25, 0.3) is 0 Å². The minimum Gasteiger partial charge on any atom is -0.315 e. The van der Waals surface area contributed by atoms with Crippen molar-refractivity contribution in [3.8, 4) is 0 Å². The first-order valence-corrected chi connectivity index (χ1v) is 7.59. The molecule has 0 amide bonds. The molecule has 0 fully saturated rings. The van der Waals surface area contributed by atoms with Gasteiger partial charge < -0.3 is 5.32 Å². The van der Waals surface area contributed by atoms with E-state index in [4.69, 9.17) is 0 Å². The summed E-state index contributed by atoms with van der Waals surface area (Å²) in [5, 5.41) is 3.57. The van der Waals surface area contributed by atoms with Crippen molar-refractivity contribution in [1.82, 2.24) is 10.2 Å². The Balaban J connectivity index is 3.84. The van der Waals surface area contributed by atoms with Crippen LogP contribution in [0.15, 0.2) is 0 Å². The van der Waals surface area contributed by atoms with Crippen LogP contribution < -0.4 is 5.32 Å². The van der Waals surface area contributed by atoms with Crippen LogP contribution in [0.2, 0.25) is 0 Å². The van der Waals surface area contributed by atoms with Crippen molar-refractivity contribution < 1.29 is 0 Å². The Labute approximate surface area is 109 Å². The van der Waals surface area contributed by atoms with Crippen LogP contribution in [0, 0.1) is 0 Å². The van der Waals surface area contributed by atoms with Crippen molar-refractivity contribution in [3.05, 3.63) is 0 Å². The zero-order valence-corrected chi connectivity index (χ0v) is 12.8. The smallest absolute Gasteiger partial charge is 0.0195 e. The number of unbranched alkanes of at least 4 members (excludes halogenated alkanes) is 3. The van der Waals surface area contributed by atoms with Crippen molar-refractivity contribution in [1.29, 1.82) is 0 Å². The molecule has 104 valence electrons. The molecule has 0 rings (SSSR count). The van der Waals surface area contributed by atoms with Gasteiger partial charge in [-0.1, -0.05) is 33.1 Å². The van der Waals surface area contributed by atoms with Gasteiger partial charge in [0.15, 0.2) is 0 Å². The second-order valence-electron chi connectivity index (χ2n) is 5.45. The third-order valence-electron chi connectivity index (χ3n) is 3.40. The maximum atomic E-state index is 3.57. The molecular weight excluding hydrogens is 208 g/mol. The van der Waals surface area contributed by atoms with Crippen LogP contribution in [0.1, 0.15) is 66.7 Å². The summed E-state index contributed by atoms with van der Waals surface area (Å²) in [5.41, 5.74) is 0. The van der Waals surface area contributed by atoms with E-state index in [1.54, 1.807) is 0 Å². The maximum absolute atomic E-state index is 3.57. The van der Waals surface area contributed by atoms with Crippen LogP contribution >= 0.6 is 0 Å². The lowest BCUT2D eigenvalue weighted by atomic mass is 10.1. The van der Waals surface area contributed by atoms with Gasteiger partial charge in [-0.3, -0.25) is 4.90 Å². The highest BCUT2D eigenvalue weighted by molar-refractivity contribution is 4.73. The number of hydrogen-bond acceptors (Lipinski definition) is 2. The average Bonchev–Trinajstić information content (AvgIpc) is 2.29. The van der Waals surface area contributed by atoms with Crippen LogP contribution in [0.4, 0.5) is 0 Å². The minimum absolute atomic E-state index is 0.656. The Morgan fingerprint density at radius 3 is 2.12 bits per heavy atom.